The van der Waals surface area contributed by atoms with Crippen LogP contribution >= 0.6 is 0 Å². The number of rotatable bonds is 9. The molecule has 0 radical (unpaired) electrons. The van der Waals surface area contributed by atoms with Gasteiger partial charge in [0.05, 0.1) is 7.11 Å². The summed E-state index contributed by atoms with van der Waals surface area (Å²) in [5.74, 6) is -0.346. The van der Waals surface area contributed by atoms with E-state index in [9.17, 15) is 4.79 Å². The Balaban J connectivity index is 3.11. The van der Waals surface area contributed by atoms with Crippen LogP contribution in [0, 0.1) is 0 Å². The van der Waals surface area contributed by atoms with Crippen molar-refractivity contribution in [2.24, 2.45) is 0 Å². The van der Waals surface area contributed by atoms with Crippen molar-refractivity contribution in [2.75, 3.05) is 26.9 Å². The van der Waals surface area contributed by atoms with Crippen LogP contribution in [0.25, 0.3) is 0 Å². The molecule has 0 atom stereocenters. The highest BCUT2D eigenvalue weighted by molar-refractivity contribution is 5.81. The van der Waals surface area contributed by atoms with Gasteiger partial charge in [0.2, 0.25) is 0 Å². The molecule has 0 aromatic carbocycles. The minimum Gasteiger partial charge on any atom is -0.466 e. The zero-order valence-electron chi connectivity index (χ0n) is 9.62. The second kappa shape index (κ2) is 11.0. The van der Waals surface area contributed by atoms with E-state index in [0.717, 1.165) is 32.6 Å². The fourth-order valence-electron chi connectivity index (χ4n) is 0.903. The molecule has 0 spiro atoms. The summed E-state index contributed by atoms with van der Waals surface area (Å²) < 4.78 is 9.80. The molecule has 4 heteroatoms. The summed E-state index contributed by atoms with van der Waals surface area (Å²) in [6, 6.07) is 0. The molecule has 15 heavy (non-hydrogen) atoms. The average Bonchev–Trinajstić information content (AvgIpc) is 2.26. The molecule has 0 rings (SSSR count). The number of unbranched alkanes of at least 4 members (excludes halogenated alkanes) is 1. The Bertz CT molecular complexity index is 181. The number of methoxy groups -OCH3 is 1. The molecule has 1 N–H and O–H groups in total. The molecule has 0 aliphatic rings. The molecule has 0 aliphatic carbocycles. The van der Waals surface area contributed by atoms with Gasteiger partial charge >= 0.3 is 5.97 Å². The summed E-state index contributed by atoms with van der Waals surface area (Å²) in [7, 11) is 1.36. The smallest absolute Gasteiger partial charge is 0.331 e. The van der Waals surface area contributed by atoms with Crippen LogP contribution in [0.4, 0.5) is 0 Å². The highest BCUT2D eigenvalue weighted by Gasteiger charge is 1.90. The van der Waals surface area contributed by atoms with Crippen molar-refractivity contribution in [3.63, 3.8) is 0 Å². The molecule has 0 unspecified atom stereocenters. The number of carbonyl (C=O) groups is 1. The number of hydrogen-bond donors (Lipinski definition) is 1. The quantitative estimate of drug-likeness (QED) is 0.359. The first-order valence-electron chi connectivity index (χ1n) is 5.37. The van der Waals surface area contributed by atoms with Crippen LogP contribution in [0.15, 0.2) is 12.3 Å². The number of nitrogens with one attached hydrogen (secondary N) is 1. The van der Waals surface area contributed by atoms with Gasteiger partial charge in [-0.1, -0.05) is 13.3 Å². The largest absolute Gasteiger partial charge is 0.466 e. The van der Waals surface area contributed by atoms with E-state index in [-0.39, 0.29) is 5.97 Å². The molecule has 0 aromatic rings. The van der Waals surface area contributed by atoms with E-state index in [1.165, 1.54) is 19.6 Å². The molecule has 0 fully saturated rings. The topological polar surface area (TPSA) is 47.6 Å². The third kappa shape index (κ3) is 10.9. The fourth-order valence-corrected chi connectivity index (χ4v) is 0.903. The highest BCUT2D eigenvalue weighted by atomic mass is 16.5. The summed E-state index contributed by atoms with van der Waals surface area (Å²) in [4.78, 5) is 10.6. The van der Waals surface area contributed by atoms with E-state index in [1.54, 1.807) is 6.20 Å². The van der Waals surface area contributed by atoms with Gasteiger partial charge in [-0.3, -0.25) is 0 Å². The lowest BCUT2D eigenvalue weighted by molar-refractivity contribution is -0.134. The Morgan fingerprint density at radius 2 is 2.07 bits per heavy atom. The van der Waals surface area contributed by atoms with Gasteiger partial charge in [0.25, 0.3) is 0 Å². The summed E-state index contributed by atoms with van der Waals surface area (Å²) in [5.41, 5.74) is 0. The fraction of sp³-hybridized carbons (Fsp3) is 0.727. The standard InChI is InChI=1S/C11H21NO3/c1-3-4-9-15-10-5-7-12-8-6-11(13)14-2/h6,8,12H,3-5,7,9-10H2,1-2H3/b8-6+. The van der Waals surface area contributed by atoms with E-state index in [2.05, 4.69) is 17.0 Å². The SMILES string of the molecule is CCCCOCCCN/C=C/C(=O)OC. The Morgan fingerprint density at radius 3 is 2.73 bits per heavy atom. The maximum absolute atomic E-state index is 10.6. The lowest BCUT2D eigenvalue weighted by Gasteiger charge is -2.02. The van der Waals surface area contributed by atoms with Crippen molar-refractivity contribution >= 4 is 5.97 Å². The van der Waals surface area contributed by atoms with E-state index in [1.807, 2.05) is 0 Å². The predicted molar refractivity (Wildman–Crippen MR) is 59.5 cm³/mol. The Labute approximate surface area is 91.6 Å². The first-order chi connectivity index (χ1) is 7.31. The van der Waals surface area contributed by atoms with Crippen molar-refractivity contribution in [1.82, 2.24) is 5.32 Å². The van der Waals surface area contributed by atoms with Gasteiger partial charge in [0, 0.05) is 32.0 Å². The average molecular weight is 215 g/mol. The lowest BCUT2D eigenvalue weighted by Crippen LogP contribution is -2.11. The van der Waals surface area contributed by atoms with Crippen LogP contribution in [0.2, 0.25) is 0 Å². The van der Waals surface area contributed by atoms with Crippen LogP contribution in [0.5, 0.6) is 0 Å². The number of carbonyl (C=O) groups excluding carboxylic acids is 1. The van der Waals surface area contributed by atoms with Crippen molar-refractivity contribution in [3.05, 3.63) is 12.3 Å². The van der Waals surface area contributed by atoms with Crippen molar-refractivity contribution < 1.29 is 14.3 Å². The molecular weight excluding hydrogens is 194 g/mol. The predicted octanol–water partition coefficient (Wildman–Crippen LogP) is 1.47. The Hall–Kier alpha value is -1.03. The molecule has 0 heterocycles. The number of esters is 1. The van der Waals surface area contributed by atoms with Crippen LogP contribution in [-0.4, -0.2) is 32.8 Å². The van der Waals surface area contributed by atoms with E-state index in [0.29, 0.717) is 0 Å². The third-order valence-electron chi connectivity index (χ3n) is 1.79. The minimum absolute atomic E-state index is 0.346. The van der Waals surface area contributed by atoms with Crippen LogP contribution in [-0.2, 0) is 14.3 Å². The lowest BCUT2D eigenvalue weighted by atomic mass is 10.4. The van der Waals surface area contributed by atoms with Gasteiger partial charge in [0.15, 0.2) is 0 Å². The molecule has 88 valence electrons. The highest BCUT2D eigenvalue weighted by Crippen LogP contribution is 1.89. The molecule has 0 amide bonds. The zero-order chi connectivity index (χ0) is 11.4. The Kier molecular flexibility index (Phi) is 10.3. The van der Waals surface area contributed by atoms with Crippen LogP contribution in [0.3, 0.4) is 0 Å². The molecular formula is C11H21NO3. The zero-order valence-corrected chi connectivity index (χ0v) is 9.62. The summed E-state index contributed by atoms with van der Waals surface area (Å²) in [6.07, 6.45) is 6.18. The van der Waals surface area contributed by atoms with Crippen LogP contribution < -0.4 is 5.32 Å². The number of hydrogen-bond acceptors (Lipinski definition) is 4. The second-order valence-electron chi connectivity index (χ2n) is 3.13. The normalized spacial score (nSPS) is 10.5. The third-order valence-corrected chi connectivity index (χ3v) is 1.79. The van der Waals surface area contributed by atoms with Crippen molar-refractivity contribution in [3.8, 4) is 0 Å². The van der Waals surface area contributed by atoms with Crippen LogP contribution in [0.1, 0.15) is 26.2 Å². The second-order valence-corrected chi connectivity index (χ2v) is 3.13. The summed E-state index contributed by atoms with van der Waals surface area (Å²) in [5, 5.41) is 2.98. The monoisotopic (exact) mass is 215 g/mol. The molecule has 4 nitrogen and oxygen atoms in total. The first kappa shape index (κ1) is 14.0. The maximum Gasteiger partial charge on any atom is 0.331 e. The first-order valence-corrected chi connectivity index (χ1v) is 5.37. The minimum atomic E-state index is -0.346. The van der Waals surface area contributed by atoms with Gasteiger partial charge in [-0.15, -0.1) is 0 Å². The molecule has 0 saturated heterocycles. The van der Waals surface area contributed by atoms with E-state index in [4.69, 9.17) is 4.74 Å². The van der Waals surface area contributed by atoms with E-state index < -0.39 is 0 Å². The van der Waals surface area contributed by atoms with Gasteiger partial charge in [-0.05, 0) is 12.8 Å². The van der Waals surface area contributed by atoms with E-state index >= 15 is 0 Å². The summed E-state index contributed by atoms with van der Waals surface area (Å²) >= 11 is 0. The van der Waals surface area contributed by atoms with Gasteiger partial charge < -0.3 is 14.8 Å². The van der Waals surface area contributed by atoms with Crippen molar-refractivity contribution in [1.29, 1.82) is 0 Å². The maximum atomic E-state index is 10.6. The number of ether oxygens (including phenoxy) is 2. The molecule has 0 aliphatic heterocycles. The molecule has 0 saturated carbocycles. The van der Waals surface area contributed by atoms with Gasteiger partial charge in [-0.25, -0.2) is 4.79 Å². The van der Waals surface area contributed by atoms with Crippen molar-refractivity contribution in [2.45, 2.75) is 26.2 Å². The molecule has 0 aromatic heterocycles. The van der Waals surface area contributed by atoms with Gasteiger partial charge in [0.1, 0.15) is 0 Å². The Morgan fingerprint density at radius 1 is 1.33 bits per heavy atom. The van der Waals surface area contributed by atoms with Gasteiger partial charge in [-0.2, -0.15) is 0 Å². The molecule has 0 bridgehead atoms. The summed E-state index contributed by atoms with van der Waals surface area (Å²) in [6.45, 7) is 4.55.